The van der Waals surface area contributed by atoms with Crippen LogP contribution in [0.25, 0.3) is 0 Å². The smallest absolute Gasteiger partial charge is 0.330 e. The van der Waals surface area contributed by atoms with Crippen LogP contribution < -0.4 is 0 Å². The van der Waals surface area contributed by atoms with E-state index in [1.807, 2.05) is 0 Å². The lowest BCUT2D eigenvalue weighted by atomic mass is 10.0. The van der Waals surface area contributed by atoms with Crippen LogP contribution in [-0.2, 0) is 19.0 Å². The zero-order valence-corrected chi connectivity index (χ0v) is 10.2. The molecule has 1 heterocycles. The molecule has 0 aromatic carbocycles. The summed E-state index contributed by atoms with van der Waals surface area (Å²) in [4.78, 5) is 10.8. The van der Waals surface area contributed by atoms with Crippen molar-refractivity contribution in [1.29, 1.82) is 0 Å². The van der Waals surface area contributed by atoms with Crippen LogP contribution in [0.1, 0.15) is 6.92 Å². The highest BCUT2D eigenvalue weighted by molar-refractivity contribution is 5.81. The Balaban J connectivity index is 2.58. The predicted octanol–water partition coefficient (Wildman–Crippen LogP) is -1.44. The van der Waals surface area contributed by atoms with Crippen LogP contribution in [0.15, 0.2) is 12.2 Å². The molecular formula is C11H18O7. The quantitative estimate of drug-likeness (QED) is 0.421. The highest BCUT2D eigenvalue weighted by Gasteiger charge is 2.36. The summed E-state index contributed by atoms with van der Waals surface area (Å²) in [6.07, 6.45) is -3.26. The molecule has 0 amide bonds. The molecule has 104 valence electrons. The molecule has 0 bridgehead atoms. The Bertz CT molecular complexity index is 304. The van der Waals surface area contributed by atoms with E-state index in [1.54, 1.807) is 6.92 Å². The number of rotatable bonds is 4. The van der Waals surface area contributed by atoms with Gasteiger partial charge >= 0.3 is 5.97 Å². The Morgan fingerprint density at radius 1 is 1.50 bits per heavy atom. The second-order valence-electron chi connectivity index (χ2n) is 3.93. The third kappa shape index (κ3) is 4.04. The van der Waals surface area contributed by atoms with E-state index >= 15 is 0 Å². The Morgan fingerprint density at radius 3 is 2.78 bits per heavy atom. The molecule has 7 nitrogen and oxygen atoms in total. The molecule has 1 aliphatic rings. The summed E-state index contributed by atoms with van der Waals surface area (Å²) in [5, 5.41) is 29.1. The number of ether oxygens (including phenoxy) is 3. The maximum absolute atomic E-state index is 10.8. The Morgan fingerprint density at radius 2 is 2.17 bits per heavy atom. The molecule has 18 heavy (non-hydrogen) atoms. The predicted molar refractivity (Wildman–Crippen MR) is 59.5 cm³/mol. The summed E-state index contributed by atoms with van der Waals surface area (Å²) in [6, 6.07) is 0. The number of esters is 1. The fraction of sp³-hybridized carbons (Fsp3) is 0.727. The van der Waals surface area contributed by atoms with Crippen molar-refractivity contribution >= 4 is 5.97 Å². The number of methoxy groups -OCH3 is 1. The maximum Gasteiger partial charge on any atom is 0.330 e. The zero-order chi connectivity index (χ0) is 13.7. The average molecular weight is 262 g/mol. The van der Waals surface area contributed by atoms with Crippen molar-refractivity contribution in [3.05, 3.63) is 12.2 Å². The van der Waals surface area contributed by atoms with Crippen molar-refractivity contribution in [2.75, 3.05) is 13.7 Å². The number of aliphatic hydroxyl groups is 3. The topological polar surface area (TPSA) is 105 Å². The maximum atomic E-state index is 10.8. The van der Waals surface area contributed by atoms with Gasteiger partial charge in [0.2, 0.25) is 0 Å². The zero-order valence-electron chi connectivity index (χ0n) is 10.2. The third-order valence-electron chi connectivity index (χ3n) is 2.55. The van der Waals surface area contributed by atoms with E-state index in [0.717, 1.165) is 12.2 Å². The van der Waals surface area contributed by atoms with Crippen LogP contribution in [-0.4, -0.2) is 65.7 Å². The summed E-state index contributed by atoms with van der Waals surface area (Å²) in [6.45, 7) is 1.62. The highest BCUT2D eigenvalue weighted by Crippen LogP contribution is 2.18. The van der Waals surface area contributed by atoms with E-state index in [0.29, 0.717) is 0 Å². The first-order chi connectivity index (χ1) is 8.45. The second kappa shape index (κ2) is 6.81. The summed E-state index contributed by atoms with van der Waals surface area (Å²) in [5.74, 6) is -0.650. The van der Waals surface area contributed by atoms with Gasteiger partial charge in [-0.15, -0.1) is 0 Å². The summed E-state index contributed by atoms with van der Waals surface area (Å²) < 4.78 is 14.5. The molecule has 1 saturated heterocycles. The van der Waals surface area contributed by atoms with Crippen LogP contribution in [0, 0.1) is 0 Å². The summed E-state index contributed by atoms with van der Waals surface area (Å²) in [7, 11) is 1.20. The van der Waals surface area contributed by atoms with E-state index < -0.39 is 36.7 Å². The number of hydrogen-bond donors (Lipinski definition) is 3. The highest BCUT2D eigenvalue weighted by atomic mass is 16.7. The summed E-state index contributed by atoms with van der Waals surface area (Å²) in [5.41, 5.74) is 0. The number of carbonyl (C=O) groups excluding carboxylic acids is 1. The van der Waals surface area contributed by atoms with Gasteiger partial charge in [0.05, 0.1) is 13.7 Å². The van der Waals surface area contributed by atoms with E-state index in [-0.39, 0.29) is 6.61 Å². The number of aliphatic hydroxyl groups excluding tert-OH is 3. The largest absolute Gasteiger partial charge is 0.466 e. The fourth-order valence-electron chi connectivity index (χ4n) is 1.54. The minimum atomic E-state index is -1.37. The first kappa shape index (κ1) is 15.1. The molecule has 5 atom stereocenters. The molecule has 0 radical (unpaired) electrons. The fourth-order valence-corrected chi connectivity index (χ4v) is 1.54. The third-order valence-corrected chi connectivity index (χ3v) is 2.55. The first-order valence-corrected chi connectivity index (χ1v) is 5.53. The van der Waals surface area contributed by atoms with Crippen LogP contribution >= 0.6 is 0 Å². The molecule has 0 spiro atoms. The Labute approximate surface area is 105 Å². The summed E-state index contributed by atoms with van der Waals surface area (Å²) >= 11 is 0. The van der Waals surface area contributed by atoms with Gasteiger partial charge in [0.15, 0.2) is 6.29 Å². The average Bonchev–Trinajstić information content (AvgIpc) is 2.37. The van der Waals surface area contributed by atoms with Gasteiger partial charge in [-0.25, -0.2) is 4.79 Å². The molecule has 0 aliphatic carbocycles. The molecule has 0 aromatic heterocycles. The molecule has 7 heteroatoms. The van der Waals surface area contributed by atoms with Crippen molar-refractivity contribution in [2.45, 2.75) is 37.6 Å². The van der Waals surface area contributed by atoms with Gasteiger partial charge in [0.1, 0.15) is 24.4 Å². The molecule has 1 aliphatic heterocycles. The van der Waals surface area contributed by atoms with Gasteiger partial charge in [-0.2, -0.15) is 0 Å². The van der Waals surface area contributed by atoms with E-state index in [4.69, 9.17) is 9.47 Å². The van der Waals surface area contributed by atoms with E-state index in [1.165, 1.54) is 7.11 Å². The first-order valence-electron chi connectivity index (χ1n) is 5.53. The minimum absolute atomic E-state index is 0.0102. The van der Waals surface area contributed by atoms with Crippen molar-refractivity contribution in [3.8, 4) is 0 Å². The van der Waals surface area contributed by atoms with Gasteiger partial charge in [-0.1, -0.05) is 0 Å². The van der Waals surface area contributed by atoms with E-state index in [2.05, 4.69) is 4.74 Å². The molecule has 0 aromatic rings. The van der Waals surface area contributed by atoms with Crippen LogP contribution in [0.4, 0.5) is 0 Å². The SMILES string of the molecule is COC(=O)/C=C/[C@H](O)[C@@H](O)[C@@H]1O[C@H](C)OC[C@H]1O. The molecule has 0 saturated carbocycles. The molecule has 1 fully saturated rings. The minimum Gasteiger partial charge on any atom is -0.466 e. The monoisotopic (exact) mass is 262 g/mol. The van der Waals surface area contributed by atoms with Crippen molar-refractivity contribution in [2.24, 2.45) is 0 Å². The van der Waals surface area contributed by atoms with Gasteiger partial charge in [0, 0.05) is 6.08 Å². The molecule has 1 rings (SSSR count). The van der Waals surface area contributed by atoms with Crippen molar-refractivity contribution in [3.63, 3.8) is 0 Å². The van der Waals surface area contributed by atoms with Crippen molar-refractivity contribution in [1.82, 2.24) is 0 Å². The molecule has 0 unspecified atom stereocenters. The second-order valence-corrected chi connectivity index (χ2v) is 3.93. The van der Waals surface area contributed by atoms with Crippen LogP contribution in [0.5, 0.6) is 0 Å². The standard InChI is InChI=1S/C11H18O7/c1-6-17-5-8(13)11(18-6)10(15)7(12)3-4-9(14)16-2/h3-4,6-8,10-13,15H,5H2,1-2H3/b4-3+/t6-,7+,8-,10-,11-/m1/s1. The van der Waals surface area contributed by atoms with Crippen molar-refractivity contribution < 1.29 is 34.3 Å². The van der Waals surface area contributed by atoms with E-state index in [9.17, 15) is 20.1 Å². The van der Waals surface area contributed by atoms with Gasteiger partial charge < -0.3 is 29.5 Å². The lowest BCUT2D eigenvalue weighted by Crippen LogP contribution is -2.52. The lowest BCUT2D eigenvalue weighted by molar-refractivity contribution is -0.270. The molecule has 3 N–H and O–H groups in total. The normalized spacial score (nSPS) is 32.2. The number of hydrogen-bond acceptors (Lipinski definition) is 7. The van der Waals surface area contributed by atoms with Crippen LogP contribution in [0.3, 0.4) is 0 Å². The van der Waals surface area contributed by atoms with Gasteiger partial charge in [-0.05, 0) is 13.0 Å². The van der Waals surface area contributed by atoms with Crippen LogP contribution in [0.2, 0.25) is 0 Å². The van der Waals surface area contributed by atoms with Gasteiger partial charge in [0.25, 0.3) is 0 Å². The van der Waals surface area contributed by atoms with Gasteiger partial charge in [-0.3, -0.25) is 0 Å². The lowest BCUT2D eigenvalue weighted by Gasteiger charge is -2.36. The number of carbonyl (C=O) groups is 1. The Kier molecular flexibility index (Phi) is 5.70. The molecular weight excluding hydrogens is 244 g/mol. The Hall–Kier alpha value is -0.990.